The van der Waals surface area contributed by atoms with Crippen molar-refractivity contribution >= 4 is 17.0 Å². The van der Waals surface area contributed by atoms with E-state index in [-0.39, 0.29) is 12.0 Å². The summed E-state index contributed by atoms with van der Waals surface area (Å²) in [6.45, 7) is 3.45. The molecule has 1 fully saturated rings. The Kier molecular flexibility index (Phi) is 5.01. The number of hydrogen-bond acceptors (Lipinski definition) is 7. The Morgan fingerprint density at radius 2 is 2.03 bits per heavy atom. The van der Waals surface area contributed by atoms with Gasteiger partial charge in [-0.1, -0.05) is 6.07 Å². The van der Waals surface area contributed by atoms with Crippen LogP contribution in [0, 0.1) is 0 Å². The van der Waals surface area contributed by atoms with Crippen molar-refractivity contribution in [2.75, 3.05) is 13.1 Å². The first-order valence-corrected chi connectivity index (χ1v) is 10.8. The molecule has 2 unspecified atom stereocenters. The standard InChI is InChI=1S/C20H19F3N6OS/c1-12(18-26-27-19(30-18)15-5-3-9-31-15)28-8-2-4-13(10-28)17-25-24-16-7-6-14(11-29(16)17)20(21,22)23/h3,5-7,9,11-13H,2,4,8,10H2,1H3. The highest BCUT2D eigenvalue weighted by atomic mass is 32.1. The van der Waals surface area contributed by atoms with Crippen molar-refractivity contribution in [3.05, 3.63) is 53.1 Å². The second kappa shape index (κ2) is 7.72. The predicted octanol–water partition coefficient (Wildman–Crippen LogP) is 4.80. The lowest BCUT2D eigenvalue weighted by Gasteiger charge is -2.34. The first-order valence-electron chi connectivity index (χ1n) is 9.93. The van der Waals surface area contributed by atoms with Gasteiger partial charge in [0.05, 0.1) is 16.5 Å². The number of fused-ring (bicyclic) bond motifs is 1. The molecular formula is C20H19F3N6OS. The summed E-state index contributed by atoms with van der Waals surface area (Å²) < 4.78 is 46.9. The molecule has 5 rings (SSSR count). The van der Waals surface area contributed by atoms with Gasteiger partial charge in [-0.25, -0.2) is 0 Å². The highest BCUT2D eigenvalue weighted by molar-refractivity contribution is 7.13. The first kappa shape index (κ1) is 20.1. The lowest BCUT2D eigenvalue weighted by Crippen LogP contribution is -2.37. The fraction of sp³-hybridized carbons (Fsp3) is 0.400. The lowest BCUT2D eigenvalue weighted by molar-refractivity contribution is -0.137. The van der Waals surface area contributed by atoms with Gasteiger partial charge in [0.1, 0.15) is 5.82 Å². The Morgan fingerprint density at radius 3 is 2.81 bits per heavy atom. The van der Waals surface area contributed by atoms with Gasteiger partial charge in [0.15, 0.2) is 5.65 Å². The number of pyridine rings is 1. The van der Waals surface area contributed by atoms with Crippen molar-refractivity contribution in [2.45, 2.75) is 37.9 Å². The zero-order valence-electron chi connectivity index (χ0n) is 16.6. The Balaban J connectivity index is 1.38. The van der Waals surface area contributed by atoms with Crippen molar-refractivity contribution < 1.29 is 17.6 Å². The molecule has 0 bridgehead atoms. The molecule has 4 aromatic heterocycles. The molecule has 5 heterocycles. The number of piperidine rings is 1. The number of alkyl halides is 3. The molecule has 4 aromatic rings. The quantitative estimate of drug-likeness (QED) is 0.447. The second-order valence-corrected chi connectivity index (χ2v) is 8.58. The molecule has 1 aliphatic heterocycles. The minimum absolute atomic E-state index is 0.0469. The molecule has 162 valence electrons. The normalized spacial score (nSPS) is 19.2. The van der Waals surface area contributed by atoms with E-state index in [0.29, 0.717) is 29.8 Å². The van der Waals surface area contributed by atoms with E-state index in [2.05, 4.69) is 25.3 Å². The molecule has 1 aliphatic rings. The van der Waals surface area contributed by atoms with E-state index in [4.69, 9.17) is 4.42 Å². The molecule has 0 amide bonds. The van der Waals surface area contributed by atoms with Crippen LogP contribution in [0.4, 0.5) is 13.2 Å². The molecule has 1 saturated heterocycles. The number of thiophene rings is 1. The summed E-state index contributed by atoms with van der Waals surface area (Å²) in [5.41, 5.74) is -0.306. The van der Waals surface area contributed by atoms with Crippen LogP contribution in [0.2, 0.25) is 0 Å². The van der Waals surface area contributed by atoms with Gasteiger partial charge in [0, 0.05) is 18.7 Å². The van der Waals surface area contributed by atoms with Crippen LogP contribution in [0.5, 0.6) is 0 Å². The van der Waals surface area contributed by atoms with Crippen molar-refractivity contribution in [2.24, 2.45) is 0 Å². The number of nitrogens with zero attached hydrogens (tertiary/aromatic N) is 6. The number of likely N-dealkylation sites (tertiary alicyclic amines) is 1. The third-order valence-corrected chi connectivity index (χ3v) is 6.51. The minimum atomic E-state index is -4.42. The van der Waals surface area contributed by atoms with E-state index in [1.807, 2.05) is 24.4 Å². The maximum atomic E-state index is 13.2. The van der Waals surface area contributed by atoms with Crippen LogP contribution < -0.4 is 0 Å². The summed E-state index contributed by atoms with van der Waals surface area (Å²) in [7, 11) is 0. The Morgan fingerprint density at radius 1 is 1.16 bits per heavy atom. The smallest absolute Gasteiger partial charge is 0.417 e. The molecule has 0 saturated carbocycles. The van der Waals surface area contributed by atoms with Crippen LogP contribution in [0.25, 0.3) is 16.4 Å². The van der Waals surface area contributed by atoms with Crippen LogP contribution >= 0.6 is 11.3 Å². The maximum Gasteiger partial charge on any atom is 0.417 e. The fourth-order valence-corrected chi connectivity index (χ4v) is 4.63. The summed E-state index contributed by atoms with van der Waals surface area (Å²) in [5.74, 6) is 1.51. The predicted molar refractivity (Wildman–Crippen MR) is 108 cm³/mol. The number of aromatic nitrogens is 5. The van der Waals surface area contributed by atoms with E-state index in [9.17, 15) is 13.2 Å². The van der Waals surface area contributed by atoms with Gasteiger partial charge < -0.3 is 4.42 Å². The van der Waals surface area contributed by atoms with E-state index in [1.165, 1.54) is 21.8 Å². The van der Waals surface area contributed by atoms with Crippen LogP contribution in [0.15, 0.2) is 40.3 Å². The minimum Gasteiger partial charge on any atom is -0.418 e. The second-order valence-electron chi connectivity index (χ2n) is 7.63. The van der Waals surface area contributed by atoms with Gasteiger partial charge in [0.25, 0.3) is 5.89 Å². The summed E-state index contributed by atoms with van der Waals surface area (Å²) in [6.07, 6.45) is -1.63. The number of rotatable bonds is 4. The molecule has 11 heteroatoms. The lowest BCUT2D eigenvalue weighted by atomic mass is 9.96. The van der Waals surface area contributed by atoms with Gasteiger partial charge in [-0.2, -0.15) is 13.2 Å². The average molecular weight is 448 g/mol. The summed E-state index contributed by atoms with van der Waals surface area (Å²) in [4.78, 5) is 3.12. The van der Waals surface area contributed by atoms with Gasteiger partial charge in [-0.3, -0.25) is 9.30 Å². The molecule has 2 atom stereocenters. The van der Waals surface area contributed by atoms with Gasteiger partial charge in [-0.15, -0.1) is 31.7 Å². The summed E-state index contributed by atoms with van der Waals surface area (Å²) >= 11 is 1.53. The van der Waals surface area contributed by atoms with Crippen LogP contribution in [0.1, 0.15) is 49.0 Å². The third-order valence-electron chi connectivity index (χ3n) is 5.65. The summed E-state index contributed by atoms with van der Waals surface area (Å²) in [5, 5.41) is 18.6. The monoisotopic (exact) mass is 448 g/mol. The van der Waals surface area contributed by atoms with E-state index in [1.54, 1.807) is 0 Å². The highest BCUT2D eigenvalue weighted by Crippen LogP contribution is 2.34. The van der Waals surface area contributed by atoms with Crippen molar-refractivity contribution in [3.63, 3.8) is 0 Å². The molecule has 0 aliphatic carbocycles. The largest absolute Gasteiger partial charge is 0.418 e. The first-order chi connectivity index (χ1) is 14.9. The van der Waals surface area contributed by atoms with E-state index < -0.39 is 11.7 Å². The van der Waals surface area contributed by atoms with Gasteiger partial charge in [0.2, 0.25) is 5.89 Å². The molecule has 0 aromatic carbocycles. The molecular weight excluding hydrogens is 429 g/mol. The van der Waals surface area contributed by atoms with E-state index >= 15 is 0 Å². The Hall–Kier alpha value is -2.79. The Bertz CT molecular complexity index is 1190. The SMILES string of the molecule is CC(c1nnc(-c2cccs2)o1)N1CCCC(c2nnc3ccc(C(F)(F)F)cn23)C1. The zero-order valence-corrected chi connectivity index (χ0v) is 17.4. The van der Waals surface area contributed by atoms with Crippen LogP contribution in [-0.4, -0.2) is 42.8 Å². The van der Waals surface area contributed by atoms with Crippen LogP contribution in [-0.2, 0) is 6.18 Å². The fourth-order valence-electron chi connectivity index (χ4n) is 3.98. The number of halogens is 3. The Labute approximate surface area is 179 Å². The average Bonchev–Trinajstić information content (AvgIpc) is 3.52. The molecule has 0 spiro atoms. The zero-order chi connectivity index (χ0) is 21.6. The van der Waals surface area contributed by atoms with Gasteiger partial charge in [-0.05, 0) is 49.9 Å². The molecule has 0 radical (unpaired) electrons. The van der Waals surface area contributed by atoms with E-state index in [0.717, 1.165) is 36.5 Å². The molecule has 7 nitrogen and oxygen atoms in total. The highest BCUT2D eigenvalue weighted by Gasteiger charge is 2.33. The van der Waals surface area contributed by atoms with Crippen molar-refractivity contribution in [1.29, 1.82) is 0 Å². The van der Waals surface area contributed by atoms with Crippen molar-refractivity contribution in [1.82, 2.24) is 29.7 Å². The van der Waals surface area contributed by atoms with Crippen molar-refractivity contribution in [3.8, 4) is 10.8 Å². The van der Waals surface area contributed by atoms with Crippen LogP contribution in [0.3, 0.4) is 0 Å². The molecule has 0 N–H and O–H groups in total. The van der Waals surface area contributed by atoms with Gasteiger partial charge >= 0.3 is 6.18 Å². The maximum absolute atomic E-state index is 13.2. The topological polar surface area (TPSA) is 72.3 Å². The third kappa shape index (κ3) is 3.83. The molecule has 31 heavy (non-hydrogen) atoms. The number of hydrogen-bond donors (Lipinski definition) is 0. The summed E-state index contributed by atoms with van der Waals surface area (Å²) in [6, 6.07) is 6.12.